The monoisotopic (exact) mass is 270 g/mol. The first-order chi connectivity index (χ1) is 9.81. The van der Waals surface area contributed by atoms with E-state index < -0.39 is 0 Å². The highest BCUT2D eigenvalue weighted by Gasteiger charge is 2.37. The number of carbonyl (C=O) groups excluding carboxylic acids is 1. The summed E-state index contributed by atoms with van der Waals surface area (Å²) >= 11 is 0. The minimum absolute atomic E-state index is 0.0280. The Morgan fingerprint density at radius 1 is 1.35 bits per heavy atom. The van der Waals surface area contributed by atoms with E-state index in [9.17, 15) is 4.79 Å². The summed E-state index contributed by atoms with van der Waals surface area (Å²) < 4.78 is 0. The molecule has 2 unspecified atom stereocenters. The smallest absolute Gasteiger partial charge is 0.251 e. The van der Waals surface area contributed by atoms with Crippen LogP contribution in [0.15, 0.2) is 24.4 Å². The predicted octanol–water partition coefficient (Wildman–Crippen LogP) is 1.53. The van der Waals surface area contributed by atoms with Crippen LogP contribution in [0.1, 0.15) is 29.6 Å². The van der Waals surface area contributed by atoms with E-state index in [0.717, 1.165) is 23.9 Å². The predicted molar refractivity (Wildman–Crippen MR) is 76.6 cm³/mol. The van der Waals surface area contributed by atoms with E-state index in [-0.39, 0.29) is 5.91 Å². The lowest BCUT2D eigenvalue weighted by atomic mass is 10.1. The second-order valence-electron chi connectivity index (χ2n) is 5.79. The summed E-state index contributed by atoms with van der Waals surface area (Å²) in [7, 11) is 0. The van der Waals surface area contributed by atoms with Crippen molar-refractivity contribution in [3.05, 3.63) is 30.0 Å². The molecule has 2 atom stereocenters. The Labute approximate surface area is 117 Å². The first-order valence-electron chi connectivity index (χ1n) is 7.29. The second-order valence-corrected chi connectivity index (χ2v) is 5.79. The van der Waals surface area contributed by atoms with Crippen LogP contribution >= 0.6 is 0 Å². The fourth-order valence-corrected chi connectivity index (χ4v) is 3.58. The van der Waals surface area contributed by atoms with Gasteiger partial charge in [0.2, 0.25) is 0 Å². The Balaban J connectivity index is 1.52. The number of rotatable bonds is 2. The van der Waals surface area contributed by atoms with Gasteiger partial charge in [-0.15, -0.1) is 0 Å². The molecule has 4 rings (SSSR count). The maximum atomic E-state index is 12.4. The summed E-state index contributed by atoms with van der Waals surface area (Å²) in [5.41, 5.74) is 1.62. The van der Waals surface area contributed by atoms with Gasteiger partial charge < -0.3 is 5.32 Å². The van der Waals surface area contributed by atoms with E-state index in [1.54, 1.807) is 6.20 Å². The van der Waals surface area contributed by atoms with Crippen LogP contribution in [0, 0.1) is 0 Å². The van der Waals surface area contributed by atoms with Crippen LogP contribution in [0.5, 0.6) is 0 Å². The van der Waals surface area contributed by atoms with Crippen molar-refractivity contribution in [2.75, 3.05) is 13.1 Å². The van der Waals surface area contributed by atoms with Gasteiger partial charge in [0, 0.05) is 29.6 Å². The summed E-state index contributed by atoms with van der Waals surface area (Å²) in [6, 6.07) is 6.54. The standard InChI is InChI=1S/C15H18N4O/c20-15(10-3-4-11-9-16-18-13(11)8-10)17-12-5-7-19-6-1-2-14(12)19/h3-4,8-9,12,14H,1-2,5-7H2,(H,16,18)(H,17,20). The van der Waals surface area contributed by atoms with Crippen LogP contribution in [0.4, 0.5) is 0 Å². The molecule has 1 aromatic carbocycles. The van der Waals surface area contributed by atoms with Crippen LogP contribution in [0.25, 0.3) is 10.9 Å². The number of benzene rings is 1. The van der Waals surface area contributed by atoms with Gasteiger partial charge in [-0.05, 0) is 37.9 Å². The topological polar surface area (TPSA) is 61.0 Å². The number of carbonyl (C=O) groups is 1. The molecule has 2 fully saturated rings. The Kier molecular flexibility index (Phi) is 2.73. The van der Waals surface area contributed by atoms with Gasteiger partial charge in [-0.3, -0.25) is 14.8 Å². The maximum absolute atomic E-state index is 12.4. The van der Waals surface area contributed by atoms with Gasteiger partial charge in [0.25, 0.3) is 5.91 Å². The van der Waals surface area contributed by atoms with Gasteiger partial charge in [-0.25, -0.2) is 0 Å². The van der Waals surface area contributed by atoms with Crippen molar-refractivity contribution < 1.29 is 4.79 Å². The molecule has 1 aromatic heterocycles. The first-order valence-corrected chi connectivity index (χ1v) is 7.29. The molecule has 0 bridgehead atoms. The highest BCUT2D eigenvalue weighted by molar-refractivity contribution is 5.97. The molecule has 5 heteroatoms. The van der Waals surface area contributed by atoms with Gasteiger partial charge >= 0.3 is 0 Å². The van der Waals surface area contributed by atoms with Crippen LogP contribution in [0.3, 0.4) is 0 Å². The van der Waals surface area contributed by atoms with E-state index in [2.05, 4.69) is 20.4 Å². The molecule has 3 heterocycles. The van der Waals surface area contributed by atoms with Crippen molar-refractivity contribution >= 4 is 16.8 Å². The Morgan fingerprint density at radius 3 is 3.25 bits per heavy atom. The third-order valence-corrected chi connectivity index (χ3v) is 4.63. The number of hydrogen-bond donors (Lipinski definition) is 2. The Morgan fingerprint density at radius 2 is 2.30 bits per heavy atom. The normalized spacial score (nSPS) is 26.0. The van der Waals surface area contributed by atoms with Crippen molar-refractivity contribution in [1.29, 1.82) is 0 Å². The van der Waals surface area contributed by atoms with Gasteiger partial charge in [0.1, 0.15) is 0 Å². The van der Waals surface area contributed by atoms with Crippen LogP contribution in [-0.4, -0.2) is 46.2 Å². The van der Waals surface area contributed by atoms with Gasteiger partial charge in [-0.2, -0.15) is 5.10 Å². The third kappa shape index (κ3) is 1.89. The fourth-order valence-electron chi connectivity index (χ4n) is 3.58. The number of nitrogens with one attached hydrogen (secondary N) is 2. The summed E-state index contributed by atoms with van der Waals surface area (Å²) in [5.74, 6) is 0.0280. The first kappa shape index (κ1) is 11.9. The fraction of sp³-hybridized carbons (Fsp3) is 0.467. The molecule has 0 radical (unpaired) electrons. The molecular formula is C15H18N4O. The van der Waals surface area contributed by atoms with E-state index in [1.165, 1.54) is 19.4 Å². The number of nitrogens with zero attached hydrogens (tertiary/aromatic N) is 2. The third-order valence-electron chi connectivity index (χ3n) is 4.63. The summed E-state index contributed by atoms with van der Waals surface area (Å²) in [4.78, 5) is 14.9. The Hall–Kier alpha value is -1.88. The van der Waals surface area contributed by atoms with E-state index >= 15 is 0 Å². The van der Waals surface area contributed by atoms with Crippen molar-refractivity contribution in [2.45, 2.75) is 31.3 Å². The van der Waals surface area contributed by atoms with E-state index in [1.807, 2.05) is 18.2 Å². The molecule has 2 saturated heterocycles. The molecule has 1 amide bonds. The molecule has 5 nitrogen and oxygen atoms in total. The van der Waals surface area contributed by atoms with Gasteiger partial charge in [-0.1, -0.05) is 6.07 Å². The number of aromatic amines is 1. The molecule has 0 aliphatic carbocycles. The van der Waals surface area contributed by atoms with Gasteiger partial charge in [0.05, 0.1) is 11.7 Å². The number of fused-ring (bicyclic) bond motifs is 2. The molecule has 2 aliphatic rings. The summed E-state index contributed by atoms with van der Waals surface area (Å²) in [5, 5.41) is 11.1. The van der Waals surface area contributed by atoms with Crippen molar-refractivity contribution in [3.8, 4) is 0 Å². The lowest BCUT2D eigenvalue weighted by Gasteiger charge is -2.21. The number of amides is 1. The average Bonchev–Trinajstić information content (AvgIpc) is 3.14. The van der Waals surface area contributed by atoms with Crippen molar-refractivity contribution in [3.63, 3.8) is 0 Å². The largest absolute Gasteiger partial charge is 0.348 e. The minimum Gasteiger partial charge on any atom is -0.348 e. The number of hydrogen-bond acceptors (Lipinski definition) is 3. The zero-order valence-electron chi connectivity index (χ0n) is 11.3. The molecule has 2 aromatic rings. The highest BCUT2D eigenvalue weighted by atomic mass is 16.1. The zero-order chi connectivity index (χ0) is 13.5. The van der Waals surface area contributed by atoms with Crippen LogP contribution in [0.2, 0.25) is 0 Å². The number of H-pyrrole nitrogens is 1. The van der Waals surface area contributed by atoms with Crippen molar-refractivity contribution in [2.24, 2.45) is 0 Å². The van der Waals surface area contributed by atoms with Crippen LogP contribution < -0.4 is 5.32 Å². The lowest BCUT2D eigenvalue weighted by molar-refractivity contribution is 0.0929. The number of aromatic nitrogens is 2. The van der Waals surface area contributed by atoms with E-state index in [0.29, 0.717) is 17.6 Å². The Bertz CT molecular complexity index is 650. The quantitative estimate of drug-likeness (QED) is 0.870. The molecule has 0 spiro atoms. The molecule has 2 aliphatic heterocycles. The highest BCUT2D eigenvalue weighted by Crippen LogP contribution is 2.28. The molecule has 2 N–H and O–H groups in total. The minimum atomic E-state index is 0.0280. The SMILES string of the molecule is O=C(NC1CCN2CCCC12)c1ccc2cn[nH]c2c1. The maximum Gasteiger partial charge on any atom is 0.251 e. The van der Waals surface area contributed by atoms with Crippen molar-refractivity contribution in [1.82, 2.24) is 20.4 Å². The van der Waals surface area contributed by atoms with E-state index in [4.69, 9.17) is 0 Å². The summed E-state index contributed by atoms with van der Waals surface area (Å²) in [6.45, 7) is 2.31. The lowest BCUT2D eigenvalue weighted by Crippen LogP contribution is -2.42. The zero-order valence-corrected chi connectivity index (χ0v) is 11.3. The second kappa shape index (κ2) is 4.59. The average molecular weight is 270 g/mol. The molecular weight excluding hydrogens is 252 g/mol. The van der Waals surface area contributed by atoms with Gasteiger partial charge in [0.15, 0.2) is 0 Å². The molecule has 0 saturated carbocycles. The van der Waals surface area contributed by atoms with Crippen LogP contribution in [-0.2, 0) is 0 Å². The summed E-state index contributed by atoms with van der Waals surface area (Å²) in [6.07, 6.45) is 5.31. The molecule has 20 heavy (non-hydrogen) atoms. The molecule has 104 valence electrons.